The highest BCUT2D eigenvalue weighted by molar-refractivity contribution is 5.89. The van der Waals surface area contributed by atoms with Crippen molar-refractivity contribution >= 4 is 12.0 Å². The lowest BCUT2D eigenvalue weighted by atomic mass is 10.2. The molecule has 0 fully saturated rings. The van der Waals surface area contributed by atoms with Crippen molar-refractivity contribution in [3.63, 3.8) is 0 Å². The first kappa shape index (κ1) is 10.4. The van der Waals surface area contributed by atoms with Crippen LogP contribution in [0.3, 0.4) is 0 Å². The fourth-order valence-corrected chi connectivity index (χ4v) is 1.19. The minimum atomic E-state index is -1.56. The lowest BCUT2D eigenvalue weighted by Gasteiger charge is -1.94. The van der Waals surface area contributed by atoms with Crippen LogP contribution in [0.4, 0.5) is 4.39 Å². The second-order valence-corrected chi connectivity index (χ2v) is 3.01. The summed E-state index contributed by atoms with van der Waals surface area (Å²) in [7, 11) is 1.72. The summed E-state index contributed by atoms with van der Waals surface area (Å²) in [5, 5.41) is 12.4. The minimum absolute atomic E-state index is 0.521. The van der Waals surface area contributed by atoms with E-state index in [0.29, 0.717) is 11.3 Å². The average molecular weight is 198 g/mol. The quantitative estimate of drug-likeness (QED) is 0.731. The van der Waals surface area contributed by atoms with Gasteiger partial charge in [-0.15, -0.1) is 0 Å². The number of aryl methyl sites for hydroxylation is 2. The molecule has 4 nitrogen and oxygen atoms in total. The van der Waals surface area contributed by atoms with Crippen molar-refractivity contribution in [2.24, 2.45) is 7.05 Å². The van der Waals surface area contributed by atoms with E-state index in [2.05, 4.69) is 5.10 Å². The molecule has 0 aliphatic heterocycles. The van der Waals surface area contributed by atoms with E-state index in [4.69, 9.17) is 5.11 Å². The zero-order valence-electron chi connectivity index (χ0n) is 8.21. The predicted molar refractivity (Wildman–Crippen MR) is 49.4 cm³/mol. The van der Waals surface area contributed by atoms with Crippen molar-refractivity contribution in [1.82, 2.24) is 9.78 Å². The van der Waals surface area contributed by atoms with Gasteiger partial charge < -0.3 is 5.11 Å². The number of aromatic nitrogens is 2. The first-order valence-corrected chi connectivity index (χ1v) is 4.04. The molecule has 0 saturated heterocycles. The van der Waals surface area contributed by atoms with E-state index in [1.54, 1.807) is 25.6 Å². The van der Waals surface area contributed by atoms with Gasteiger partial charge in [0.15, 0.2) is 0 Å². The standard InChI is InChI=1S/C9H11FN2O2/c1-5-7(4-8(10)9(13)14)6(2)12(3)11-5/h4H,1-3H3,(H,13,14)/b8-4+. The molecular formula is C9H11FN2O2. The summed E-state index contributed by atoms with van der Waals surface area (Å²) in [4.78, 5) is 10.3. The Bertz CT molecular complexity index is 407. The Hall–Kier alpha value is -1.65. The monoisotopic (exact) mass is 198 g/mol. The third-order valence-corrected chi connectivity index (χ3v) is 2.04. The van der Waals surface area contributed by atoms with Crippen LogP contribution in [0.5, 0.6) is 0 Å². The third kappa shape index (κ3) is 1.81. The van der Waals surface area contributed by atoms with Gasteiger partial charge >= 0.3 is 5.97 Å². The van der Waals surface area contributed by atoms with Crippen LogP contribution >= 0.6 is 0 Å². The molecule has 1 N–H and O–H groups in total. The van der Waals surface area contributed by atoms with Gasteiger partial charge in [0.2, 0.25) is 5.83 Å². The van der Waals surface area contributed by atoms with E-state index in [1.165, 1.54) is 0 Å². The molecule has 5 heteroatoms. The number of carboxylic acids is 1. The lowest BCUT2D eigenvalue weighted by Crippen LogP contribution is -1.95. The molecule has 0 atom stereocenters. The van der Waals surface area contributed by atoms with Crippen LogP contribution in [-0.2, 0) is 11.8 Å². The number of nitrogens with zero attached hydrogens (tertiary/aromatic N) is 2. The van der Waals surface area contributed by atoms with Crippen LogP contribution in [0, 0.1) is 13.8 Å². The molecule has 0 aromatic carbocycles. The molecule has 1 heterocycles. The highest BCUT2D eigenvalue weighted by Gasteiger charge is 2.11. The van der Waals surface area contributed by atoms with Gasteiger partial charge in [0.1, 0.15) is 0 Å². The predicted octanol–water partition coefficient (Wildman–Crippen LogP) is 1.43. The van der Waals surface area contributed by atoms with Crippen molar-refractivity contribution in [3.05, 3.63) is 22.8 Å². The Morgan fingerprint density at radius 1 is 1.57 bits per heavy atom. The van der Waals surface area contributed by atoms with Crippen LogP contribution < -0.4 is 0 Å². The summed E-state index contributed by atoms with van der Waals surface area (Å²) in [6.45, 7) is 3.45. The van der Waals surface area contributed by atoms with E-state index < -0.39 is 11.8 Å². The lowest BCUT2D eigenvalue weighted by molar-refractivity contribution is -0.134. The van der Waals surface area contributed by atoms with Gasteiger partial charge in [-0.25, -0.2) is 4.79 Å². The molecule has 76 valence electrons. The number of carboxylic acid groups (broad SMARTS) is 1. The summed E-state index contributed by atoms with van der Waals surface area (Å²) in [5.74, 6) is -2.74. The highest BCUT2D eigenvalue weighted by Crippen LogP contribution is 2.16. The number of hydrogen-bond donors (Lipinski definition) is 1. The zero-order valence-corrected chi connectivity index (χ0v) is 8.21. The second kappa shape index (κ2) is 3.61. The molecule has 1 aromatic heterocycles. The van der Waals surface area contributed by atoms with Gasteiger partial charge in [-0.3, -0.25) is 4.68 Å². The van der Waals surface area contributed by atoms with Crippen molar-refractivity contribution in [2.75, 3.05) is 0 Å². The second-order valence-electron chi connectivity index (χ2n) is 3.01. The van der Waals surface area contributed by atoms with Crippen molar-refractivity contribution in [2.45, 2.75) is 13.8 Å². The third-order valence-electron chi connectivity index (χ3n) is 2.04. The van der Waals surface area contributed by atoms with Crippen LogP contribution in [0.15, 0.2) is 5.83 Å². The van der Waals surface area contributed by atoms with Gasteiger partial charge in [0, 0.05) is 18.3 Å². The number of rotatable bonds is 2. The van der Waals surface area contributed by atoms with Gasteiger partial charge in [0.05, 0.1) is 5.69 Å². The van der Waals surface area contributed by atoms with E-state index in [9.17, 15) is 9.18 Å². The van der Waals surface area contributed by atoms with Gasteiger partial charge in [-0.1, -0.05) is 0 Å². The summed E-state index contributed by atoms with van der Waals surface area (Å²) >= 11 is 0. The molecule has 0 bridgehead atoms. The van der Waals surface area contributed by atoms with Crippen LogP contribution in [0.1, 0.15) is 17.0 Å². The van der Waals surface area contributed by atoms with E-state index in [-0.39, 0.29) is 0 Å². The highest BCUT2D eigenvalue weighted by atomic mass is 19.1. The fraction of sp³-hybridized carbons (Fsp3) is 0.333. The maximum absolute atomic E-state index is 12.8. The number of aliphatic carboxylic acids is 1. The summed E-state index contributed by atoms with van der Waals surface area (Å²) in [6, 6.07) is 0. The zero-order chi connectivity index (χ0) is 10.9. The molecule has 1 rings (SSSR count). The van der Waals surface area contributed by atoms with Gasteiger partial charge in [0.25, 0.3) is 0 Å². The topological polar surface area (TPSA) is 55.1 Å². The van der Waals surface area contributed by atoms with Gasteiger partial charge in [-0.2, -0.15) is 9.49 Å². The van der Waals surface area contributed by atoms with Crippen LogP contribution in [0.25, 0.3) is 6.08 Å². The number of carbonyl (C=O) groups is 1. The Kier molecular flexibility index (Phi) is 2.69. The summed E-state index contributed by atoms with van der Waals surface area (Å²) < 4.78 is 14.4. The molecule has 14 heavy (non-hydrogen) atoms. The van der Waals surface area contributed by atoms with E-state index >= 15 is 0 Å². The fourth-order valence-electron chi connectivity index (χ4n) is 1.19. The maximum atomic E-state index is 12.8. The Morgan fingerprint density at radius 2 is 2.14 bits per heavy atom. The molecule has 0 unspecified atom stereocenters. The first-order valence-electron chi connectivity index (χ1n) is 4.04. The summed E-state index contributed by atoms with van der Waals surface area (Å²) in [6.07, 6.45) is 0.986. The summed E-state index contributed by atoms with van der Waals surface area (Å²) in [5.41, 5.74) is 1.87. The van der Waals surface area contributed by atoms with Crippen LogP contribution in [0.2, 0.25) is 0 Å². The molecule has 0 saturated carbocycles. The number of hydrogen-bond acceptors (Lipinski definition) is 2. The normalized spacial score (nSPS) is 11.9. The molecule has 0 spiro atoms. The molecule has 0 aliphatic carbocycles. The van der Waals surface area contributed by atoms with E-state index in [1.807, 2.05) is 0 Å². The largest absolute Gasteiger partial charge is 0.476 e. The molecular weight excluding hydrogens is 187 g/mol. The van der Waals surface area contributed by atoms with Crippen molar-refractivity contribution in [3.8, 4) is 0 Å². The molecule has 0 amide bonds. The Labute approximate surface area is 80.7 Å². The smallest absolute Gasteiger partial charge is 0.364 e. The molecule has 0 radical (unpaired) electrons. The molecule has 1 aromatic rings. The number of halogens is 1. The van der Waals surface area contributed by atoms with Gasteiger partial charge in [-0.05, 0) is 19.9 Å². The molecule has 0 aliphatic rings. The maximum Gasteiger partial charge on any atom is 0.364 e. The van der Waals surface area contributed by atoms with Crippen LogP contribution in [-0.4, -0.2) is 20.9 Å². The average Bonchev–Trinajstić information content (AvgIpc) is 2.32. The Morgan fingerprint density at radius 3 is 2.50 bits per heavy atom. The van der Waals surface area contributed by atoms with Crippen molar-refractivity contribution < 1.29 is 14.3 Å². The SMILES string of the molecule is Cc1nn(C)c(C)c1/C=C(/F)C(=O)O. The van der Waals surface area contributed by atoms with Crippen molar-refractivity contribution in [1.29, 1.82) is 0 Å². The first-order chi connectivity index (χ1) is 6.43. The minimum Gasteiger partial charge on any atom is -0.476 e. The van der Waals surface area contributed by atoms with E-state index in [0.717, 1.165) is 11.8 Å². The Balaban J connectivity index is 3.20.